The van der Waals surface area contributed by atoms with Crippen molar-refractivity contribution in [2.75, 3.05) is 21.2 Å². The van der Waals surface area contributed by atoms with Crippen LogP contribution < -0.4 is 9.64 Å². The molecule has 1 aromatic carbocycles. The fourth-order valence-electron chi connectivity index (χ4n) is 2.37. The van der Waals surface area contributed by atoms with Gasteiger partial charge < -0.3 is 9.64 Å². The maximum absolute atomic E-state index is 5.37. The molecular formula is C14H21N4OS+. The van der Waals surface area contributed by atoms with Gasteiger partial charge in [0.25, 0.3) is 0 Å². The SMILES string of the molecule is CC[C@@H](c1n[nH]c(=S)n1-c1ccc(OC)cc1)[NH+](C)C. The Balaban J connectivity index is 2.50. The van der Waals surface area contributed by atoms with Crippen molar-refractivity contribution >= 4 is 12.2 Å². The Morgan fingerprint density at radius 2 is 2.00 bits per heavy atom. The number of quaternary nitrogens is 1. The average Bonchev–Trinajstić information content (AvgIpc) is 2.81. The number of benzene rings is 1. The highest BCUT2D eigenvalue weighted by molar-refractivity contribution is 7.71. The lowest BCUT2D eigenvalue weighted by molar-refractivity contribution is -0.893. The average molecular weight is 293 g/mol. The van der Waals surface area contributed by atoms with Crippen LogP contribution in [-0.2, 0) is 0 Å². The summed E-state index contributed by atoms with van der Waals surface area (Å²) in [4.78, 5) is 1.33. The van der Waals surface area contributed by atoms with Gasteiger partial charge >= 0.3 is 0 Å². The Morgan fingerprint density at radius 1 is 1.35 bits per heavy atom. The van der Waals surface area contributed by atoms with Crippen LogP contribution in [0.2, 0.25) is 0 Å². The molecule has 0 radical (unpaired) electrons. The van der Waals surface area contributed by atoms with Crippen LogP contribution in [0.25, 0.3) is 5.69 Å². The third-order valence-electron chi connectivity index (χ3n) is 3.45. The minimum atomic E-state index is 0.296. The van der Waals surface area contributed by atoms with Gasteiger partial charge in [0.1, 0.15) is 11.8 Å². The first kappa shape index (κ1) is 14.7. The maximum Gasteiger partial charge on any atom is 0.200 e. The van der Waals surface area contributed by atoms with E-state index in [0.717, 1.165) is 23.7 Å². The Kier molecular flexibility index (Phi) is 4.57. The molecule has 0 amide bonds. The maximum atomic E-state index is 5.37. The number of nitrogens with one attached hydrogen (secondary N) is 2. The third-order valence-corrected chi connectivity index (χ3v) is 3.72. The lowest BCUT2D eigenvalue weighted by atomic mass is 10.2. The Labute approximate surface area is 124 Å². The molecule has 6 heteroatoms. The number of hydrogen-bond donors (Lipinski definition) is 2. The summed E-state index contributed by atoms with van der Waals surface area (Å²) in [6.45, 7) is 2.16. The van der Waals surface area contributed by atoms with Crippen LogP contribution in [0.1, 0.15) is 25.2 Å². The van der Waals surface area contributed by atoms with Gasteiger partial charge in [0.15, 0.2) is 10.6 Å². The zero-order chi connectivity index (χ0) is 14.7. The summed E-state index contributed by atoms with van der Waals surface area (Å²) < 4.78 is 7.80. The molecule has 0 aliphatic heterocycles. The zero-order valence-corrected chi connectivity index (χ0v) is 13.1. The summed E-state index contributed by atoms with van der Waals surface area (Å²) in [5.41, 5.74) is 0.999. The van der Waals surface area contributed by atoms with Gasteiger partial charge in [-0.3, -0.25) is 9.67 Å². The van der Waals surface area contributed by atoms with Crippen LogP contribution in [-0.4, -0.2) is 36.0 Å². The normalized spacial score (nSPS) is 12.7. The van der Waals surface area contributed by atoms with Gasteiger partial charge in [0.05, 0.1) is 26.9 Å². The van der Waals surface area contributed by atoms with E-state index in [2.05, 4.69) is 31.2 Å². The largest absolute Gasteiger partial charge is 0.497 e. The number of rotatable bonds is 5. The van der Waals surface area contributed by atoms with E-state index in [-0.39, 0.29) is 0 Å². The molecule has 0 unspecified atom stereocenters. The summed E-state index contributed by atoms with van der Waals surface area (Å²) in [6, 6.07) is 8.14. The second-order valence-corrected chi connectivity index (χ2v) is 5.35. The molecule has 20 heavy (non-hydrogen) atoms. The number of aromatic amines is 1. The summed E-state index contributed by atoms with van der Waals surface area (Å²) in [5, 5.41) is 7.33. The van der Waals surface area contributed by atoms with Crippen LogP contribution in [0.4, 0.5) is 0 Å². The quantitative estimate of drug-likeness (QED) is 0.822. The van der Waals surface area contributed by atoms with Gasteiger partial charge in [0, 0.05) is 6.42 Å². The molecule has 0 aliphatic rings. The minimum Gasteiger partial charge on any atom is -0.497 e. The summed E-state index contributed by atoms with van der Waals surface area (Å²) in [5.74, 6) is 1.79. The number of methoxy groups -OCH3 is 1. The van der Waals surface area contributed by atoms with Crippen molar-refractivity contribution in [2.45, 2.75) is 19.4 Å². The highest BCUT2D eigenvalue weighted by Gasteiger charge is 2.23. The van der Waals surface area contributed by atoms with Gasteiger partial charge in [-0.2, -0.15) is 5.10 Å². The first-order valence-electron chi connectivity index (χ1n) is 6.70. The molecule has 0 spiro atoms. The molecule has 0 bridgehead atoms. The summed E-state index contributed by atoms with van der Waals surface area (Å²) in [6.07, 6.45) is 0.998. The van der Waals surface area contributed by atoms with Crippen molar-refractivity contribution < 1.29 is 9.64 Å². The molecule has 2 rings (SSSR count). The number of H-pyrrole nitrogens is 1. The van der Waals surface area contributed by atoms with Gasteiger partial charge in [-0.1, -0.05) is 6.92 Å². The van der Waals surface area contributed by atoms with E-state index in [1.54, 1.807) is 7.11 Å². The molecule has 1 atom stereocenters. The van der Waals surface area contributed by atoms with E-state index in [4.69, 9.17) is 17.0 Å². The molecule has 0 fully saturated rings. The number of hydrogen-bond acceptors (Lipinski definition) is 3. The smallest absolute Gasteiger partial charge is 0.200 e. The number of nitrogens with zero attached hydrogens (tertiary/aromatic N) is 2. The Bertz CT molecular complexity index is 615. The molecule has 1 heterocycles. The highest BCUT2D eigenvalue weighted by Crippen LogP contribution is 2.19. The first-order chi connectivity index (χ1) is 9.58. The van der Waals surface area contributed by atoms with Crippen molar-refractivity contribution in [1.29, 1.82) is 0 Å². The summed E-state index contributed by atoms with van der Waals surface area (Å²) in [7, 11) is 5.92. The molecule has 0 saturated carbocycles. The predicted octanol–water partition coefficient (Wildman–Crippen LogP) is 1.53. The second-order valence-electron chi connectivity index (χ2n) is 4.96. The van der Waals surface area contributed by atoms with Gasteiger partial charge in [0.2, 0.25) is 0 Å². The van der Waals surface area contributed by atoms with E-state index in [9.17, 15) is 0 Å². The fraction of sp³-hybridized carbons (Fsp3) is 0.429. The van der Waals surface area contributed by atoms with E-state index >= 15 is 0 Å². The molecule has 2 N–H and O–H groups in total. The van der Waals surface area contributed by atoms with Crippen LogP contribution in [0, 0.1) is 4.77 Å². The Morgan fingerprint density at radius 3 is 2.50 bits per heavy atom. The standard InChI is InChI=1S/C14H20N4OS/c1-5-12(17(2)3)13-15-16-14(20)18(13)10-6-8-11(19-4)9-7-10/h6-9,12H,5H2,1-4H3,(H,16,20)/p+1/t12-/m0/s1. The molecule has 5 nitrogen and oxygen atoms in total. The van der Waals surface area contributed by atoms with Crippen LogP contribution in [0.15, 0.2) is 24.3 Å². The molecule has 2 aromatic rings. The zero-order valence-electron chi connectivity index (χ0n) is 12.3. The molecule has 108 valence electrons. The topological polar surface area (TPSA) is 47.3 Å². The monoisotopic (exact) mass is 293 g/mol. The van der Waals surface area contributed by atoms with Crippen LogP contribution >= 0.6 is 12.2 Å². The van der Waals surface area contributed by atoms with Gasteiger partial charge in [-0.05, 0) is 36.5 Å². The first-order valence-corrected chi connectivity index (χ1v) is 7.11. The second kappa shape index (κ2) is 6.19. The number of ether oxygens (including phenoxy) is 1. The van der Waals surface area contributed by atoms with E-state index < -0.39 is 0 Å². The van der Waals surface area contributed by atoms with Crippen molar-refractivity contribution in [2.24, 2.45) is 0 Å². The lowest BCUT2D eigenvalue weighted by Crippen LogP contribution is -3.06. The van der Waals surface area contributed by atoms with E-state index in [1.165, 1.54) is 4.90 Å². The van der Waals surface area contributed by atoms with Crippen molar-refractivity contribution in [1.82, 2.24) is 14.8 Å². The fourth-order valence-corrected chi connectivity index (χ4v) is 2.62. The molecule has 0 aliphatic carbocycles. The lowest BCUT2D eigenvalue weighted by Gasteiger charge is -2.19. The highest BCUT2D eigenvalue weighted by atomic mass is 32.1. The molecule has 0 saturated heterocycles. The van der Waals surface area contributed by atoms with Gasteiger partial charge in [-0.25, -0.2) is 0 Å². The summed E-state index contributed by atoms with van der Waals surface area (Å²) >= 11 is 5.37. The van der Waals surface area contributed by atoms with Crippen molar-refractivity contribution in [3.63, 3.8) is 0 Å². The van der Waals surface area contributed by atoms with E-state index in [0.29, 0.717) is 10.8 Å². The van der Waals surface area contributed by atoms with Crippen molar-refractivity contribution in [3.8, 4) is 11.4 Å². The van der Waals surface area contributed by atoms with E-state index in [1.807, 2.05) is 28.8 Å². The van der Waals surface area contributed by atoms with Gasteiger partial charge in [-0.15, -0.1) is 0 Å². The molecular weight excluding hydrogens is 272 g/mol. The number of aromatic nitrogens is 3. The molecule has 1 aromatic heterocycles. The minimum absolute atomic E-state index is 0.296. The van der Waals surface area contributed by atoms with Crippen LogP contribution in [0.3, 0.4) is 0 Å². The van der Waals surface area contributed by atoms with Crippen LogP contribution in [0.5, 0.6) is 5.75 Å². The van der Waals surface area contributed by atoms with Crippen molar-refractivity contribution in [3.05, 3.63) is 34.9 Å². The predicted molar refractivity (Wildman–Crippen MR) is 81.1 cm³/mol. The third kappa shape index (κ3) is 2.76. The Hall–Kier alpha value is -1.66.